The third-order valence-electron chi connectivity index (χ3n) is 13.6. The Kier molecular flexibility index (Phi) is 10.6. The Hall–Kier alpha value is -2.35. The zero-order valence-electron chi connectivity index (χ0n) is 29.8. The normalized spacial score (nSPS) is 47.2. The van der Waals surface area contributed by atoms with Crippen molar-refractivity contribution in [3.05, 3.63) is 22.8 Å². The lowest BCUT2D eigenvalue weighted by Crippen LogP contribution is -2.65. The molecule has 1 heterocycles. The Bertz CT molecular complexity index is 1370. The Morgan fingerprint density at radius 3 is 2.18 bits per heavy atom. The molecule has 0 amide bonds. The van der Waals surface area contributed by atoms with Crippen LogP contribution in [-0.4, -0.2) is 97.6 Å². The van der Waals surface area contributed by atoms with Crippen LogP contribution >= 0.6 is 0 Å². The molecule has 0 spiro atoms. The lowest BCUT2D eigenvalue weighted by Gasteiger charge is -2.69. The second-order valence-corrected chi connectivity index (χ2v) is 16.5. The zero-order chi connectivity index (χ0) is 36.4. The first-order valence-electron chi connectivity index (χ1n) is 17.8. The van der Waals surface area contributed by atoms with Crippen LogP contribution in [0.15, 0.2) is 22.8 Å². The van der Waals surface area contributed by atoms with Gasteiger partial charge in [0.05, 0.1) is 12.2 Å². The van der Waals surface area contributed by atoms with Gasteiger partial charge in [-0.1, -0.05) is 39.3 Å². The average molecular weight is 693 g/mol. The molecule has 5 aliphatic rings. The molecular weight excluding hydrogens is 636 g/mol. The summed E-state index contributed by atoms with van der Waals surface area (Å²) in [5.41, 5.74) is 0.576. The molecule has 6 N–H and O–H groups in total. The Morgan fingerprint density at radius 1 is 0.898 bits per heavy atom. The molecule has 276 valence electrons. The predicted molar refractivity (Wildman–Crippen MR) is 175 cm³/mol. The number of hydrogen-bond donors (Lipinski definition) is 6. The maximum absolute atomic E-state index is 14.2. The highest BCUT2D eigenvalue weighted by Gasteiger charge is 2.71. The van der Waals surface area contributed by atoms with E-state index in [1.807, 2.05) is 19.9 Å². The van der Waals surface area contributed by atoms with Gasteiger partial charge in [0.2, 0.25) is 6.29 Å². The molecule has 5 rings (SSSR count). The molecule has 4 aliphatic carbocycles. The summed E-state index contributed by atoms with van der Waals surface area (Å²) < 4.78 is 16.9. The highest BCUT2D eigenvalue weighted by Crippen LogP contribution is 2.74. The first-order chi connectivity index (χ1) is 22.8. The highest BCUT2D eigenvalue weighted by atomic mass is 16.7. The minimum Gasteiger partial charge on any atom is -0.479 e. The number of carboxylic acid groups (broad SMARTS) is 1. The summed E-state index contributed by atoms with van der Waals surface area (Å²) in [5.74, 6) is -3.20. The number of hydrogen-bond acceptors (Lipinski definition) is 11. The summed E-state index contributed by atoms with van der Waals surface area (Å²) in [5, 5.41) is 63.7. The van der Waals surface area contributed by atoms with E-state index in [1.54, 1.807) is 0 Å². The van der Waals surface area contributed by atoms with Crippen LogP contribution in [0.3, 0.4) is 0 Å². The number of esters is 2. The fourth-order valence-corrected chi connectivity index (χ4v) is 11.1. The fourth-order valence-electron chi connectivity index (χ4n) is 11.1. The van der Waals surface area contributed by atoms with Gasteiger partial charge in [0.25, 0.3) is 0 Å². The smallest absolute Gasteiger partial charge is 0.336 e. The predicted octanol–water partition coefficient (Wildman–Crippen LogP) is 3.02. The van der Waals surface area contributed by atoms with E-state index in [4.69, 9.17) is 14.2 Å². The second kappa shape index (κ2) is 13.7. The first-order valence-corrected chi connectivity index (χ1v) is 17.8. The minimum atomic E-state index is -1.96. The SMILES string of the molecule is CC(=O)O[C@H]1C[C@@]2(C)[C@@H](C[C@@H](O)[C@H]3[C@@]4(C)CC[C@@H](O)[C@@H](C)[C@@H]4CC[C@@]32C)/C1=C(\CCC=C(C)C)C(=O)O[C@@H]1O[C@H](C(=O)O)[C@@H](O)[C@H](O)[C@H]1O. The number of ether oxygens (including phenoxy) is 3. The van der Waals surface area contributed by atoms with Crippen LogP contribution in [0.5, 0.6) is 0 Å². The van der Waals surface area contributed by atoms with Gasteiger partial charge >= 0.3 is 17.9 Å². The quantitative estimate of drug-likeness (QED) is 0.130. The lowest BCUT2D eigenvalue weighted by molar-refractivity contribution is -0.285. The van der Waals surface area contributed by atoms with Crippen molar-refractivity contribution in [3.63, 3.8) is 0 Å². The number of carbonyl (C=O) groups excluding carboxylic acids is 2. The number of carbonyl (C=O) groups is 3. The molecule has 4 saturated carbocycles. The van der Waals surface area contributed by atoms with Crippen molar-refractivity contribution < 1.29 is 59.2 Å². The molecule has 15 atom stereocenters. The van der Waals surface area contributed by atoms with Gasteiger partial charge in [-0.05, 0) is 111 Å². The summed E-state index contributed by atoms with van der Waals surface area (Å²) in [7, 11) is 0. The zero-order valence-corrected chi connectivity index (χ0v) is 29.8. The number of aliphatic hydroxyl groups excluding tert-OH is 5. The lowest BCUT2D eigenvalue weighted by atomic mass is 9.36. The van der Waals surface area contributed by atoms with E-state index in [-0.39, 0.29) is 47.2 Å². The number of aliphatic carboxylic acids is 1. The first kappa shape index (κ1) is 37.9. The van der Waals surface area contributed by atoms with Gasteiger partial charge in [0, 0.05) is 12.5 Å². The van der Waals surface area contributed by atoms with Crippen molar-refractivity contribution in [1.29, 1.82) is 0 Å². The van der Waals surface area contributed by atoms with Crippen molar-refractivity contribution in [3.8, 4) is 0 Å². The van der Waals surface area contributed by atoms with Crippen LogP contribution in [0, 0.1) is 39.9 Å². The van der Waals surface area contributed by atoms with Crippen molar-refractivity contribution in [2.75, 3.05) is 0 Å². The van der Waals surface area contributed by atoms with Gasteiger partial charge in [0.15, 0.2) is 6.10 Å². The molecule has 1 saturated heterocycles. The van der Waals surface area contributed by atoms with E-state index in [1.165, 1.54) is 6.92 Å². The average Bonchev–Trinajstić information content (AvgIpc) is 3.28. The molecule has 1 aliphatic heterocycles. The van der Waals surface area contributed by atoms with Crippen LogP contribution in [0.25, 0.3) is 0 Å². The molecule has 49 heavy (non-hydrogen) atoms. The summed E-state index contributed by atoms with van der Waals surface area (Å²) in [4.78, 5) is 38.6. The van der Waals surface area contributed by atoms with Gasteiger partial charge < -0.3 is 44.8 Å². The maximum atomic E-state index is 14.2. The van der Waals surface area contributed by atoms with Gasteiger partial charge in [-0.2, -0.15) is 0 Å². The molecule has 0 unspecified atom stereocenters. The second-order valence-electron chi connectivity index (χ2n) is 16.5. The highest BCUT2D eigenvalue weighted by molar-refractivity contribution is 5.90. The van der Waals surface area contributed by atoms with Gasteiger partial charge in [-0.25, -0.2) is 9.59 Å². The molecular formula is C37H56O12. The van der Waals surface area contributed by atoms with E-state index in [2.05, 4.69) is 27.7 Å². The number of carboxylic acids is 1. The fraction of sp³-hybridized carbons (Fsp3) is 0.811. The van der Waals surface area contributed by atoms with Gasteiger partial charge in [-0.15, -0.1) is 0 Å². The van der Waals surface area contributed by atoms with Crippen LogP contribution in [0.1, 0.15) is 99.8 Å². The van der Waals surface area contributed by atoms with E-state index < -0.39 is 71.7 Å². The maximum Gasteiger partial charge on any atom is 0.336 e. The van der Waals surface area contributed by atoms with E-state index in [0.717, 1.165) is 24.8 Å². The van der Waals surface area contributed by atoms with Gasteiger partial charge in [0.1, 0.15) is 24.4 Å². The van der Waals surface area contributed by atoms with Crippen molar-refractivity contribution in [1.82, 2.24) is 0 Å². The van der Waals surface area contributed by atoms with Crippen LogP contribution in [0.4, 0.5) is 0 Å². The summed E-state index contributed by atoms with van der Waals surface area (Å²) >= 11 is 0. The number of rotatable bonds is 7. The topological polar surface area (TPSA) is 200 Å². The third kappa shape index (κ3) is 6.28. The number of aliphatic hydroxyl groups is 5. The third-order valence-corrected chi connectivity index (χ3v) is 13.6. The molecule has 5 fully saturated rings. The van der Waals surface area contributed by atoms with Crippen LogP contribution in [-0.2, 0) is 28.6 Å². The van der Waals surface area contributed by atoms with Crippen molar-refractivity contribution >= 4 is 17.9 Å². The number of allylic oxidation sites excluding steroid dienone is 2. The van der Waals surface area contributed by atoms with Crippen molar-refractivity contribution in [2.45, 2.75) is 149 Å². The Balaban J connectivity index is 1.59. The standard InChI is InChI=1S/C37H56O12/c1-17(2)9-8-10-20(33(46)49-34-29(43)27(41)28(42)30(48-34)32(44)45)26-22-15-24(40)31-35(5)13-12-23(39)18(3)21(35)11-14-36(31,6)37(22,7)16-25(26)47-19(4)38/h9,18,21-25,27-31,34,39-43H,8,10-16H2,1-7H3,(H,44,45)/b26-20-/t18-,21-,22-,23+,24+,25-,27-,28-,29+,30-,31-,34-,35-,36-,37-/m0/s1. The molecule has 0 aromatic rings. The summed E-state index contributed by atoms with van der Waals surface area (Å²) in [6, 6.07) is 0. The minimum absolute atomic E-state index is 0.0972. The molecule has 0 aromatic carbocycles. The Labute approximate surface area is 288 Å². The molecule has 12 nitrogen and oxygen atoms in total. The molecule has 0 bridgehead atoms. The molecule has 0 radical (unpaired) electrons. The number of fused-ring (bicyclic) bond motifs is 5. The van der Waals surface area contributed by atoms with E-state index in [0.29, 0.717) is 31.3 Å². The Morgan fingerprint density at radius 2 is 1.57 bits per heavy atom. The van der Waals surface area contributed by atoms with E-state index >= 15 is 0 Å². The van der Waals surface area contributed by atoms with E-state index in [9.17, 15) is 45.0 Å². The molecule has 0 aromatic heterocycles. The monoisotopic (exact) mass is 692 g/mol. The van der Waals surface area contributed by atoms with Crippen molar-refractivity contribution in [2.24, 2.45) is 39.9 Å². The summed E-state index contributed by atoms with van der Waals surface area (Å²) in [6.07, 6.45) is -5.24. The van der Waals surface area contributed by atoms with Crippen LogP contribution in [0.2, 0.25) is 0 Å². The molecule has 12 heteroatoms. The van der Waals surface area contributed by atoms with Gasteiger partial charge in [-0.3, -0.25) is 4.79 Å². The summed E-state index contributed by atoms with van der Waals surface area (Å²) in [6.45, 7) is 13.9. The largest absolute Gasteiger partial charge is 0.479 e. The van der Waals surface area contributed by atoms with Crippen LogP contribution < -0.4 is 0 Å².